The smallest absolute Gasteiger partial charge is 0.329 e. The average Bonchev–Trinajstić information content (AvgIpc) is 2.45. The molecule has 1 aliphatic heterocycles. The molecule has 0 aromatic heterocycles. The predicted octanol–water partition coefficient (Wildman–Crippen LogP) is 4.64. The fourth-order valence-corrected chi connectivity index (χ4v) is 3.03. The lowest BCUT2D eigenvalue weighted by Crippen LogP contribution is -2.24. The Balaban J connectivity index is 0.000000231. The van der Waals surface area contributed by atoms with E-state index in [1.54, 1.807) is 0 Å². The molecule has 23 heavy (non-hydrogen) atoms. The molecule has 128 valence electrons. The Kier molecular flexibility index (Phi) is 9.20. The van der Waals surface area contributed by atoms with Gasteiger partial charge in [0, 0.05) is 11.6 Å². The molecule has 0 spiro atoms. The predicted molar refractivity (Wildman–Crippen MR) is 88.8 cm³/mol. The van der Waals surface area contributed by atoms with E-state index in [0.29, 0.717) is 11.6 Å². The van der Waals surface area contributed by atoms with Crippen LogP contribution in [0.2, 0.25) is 15.1 Å². The van der Waals surface area contributed by atoms with Gasteiger partial charge in [-0.3, -0.25) is 4.79 Å². The zero-order valence-corrected chi connectivity index (χ0v) is 14.9. The van der Waals surface area contributed by atoms with Gasteiger partial charge in [0.2, 0.25) is 0 Å². The van der Waals surface area contributed by atoms with E-state index in [1.807, 2.05) is 0 Å². The fraction of sp³-hybridized carbons (Fsp3) is 0.429. The molecule has 1 atom stereocenters. The van der Waals surface area contributed by atoms with Crippen molar-refractivity contribution in [3.63, 3.8) is 0 Å². The van der Waals surface area contributed by atoms with Gasteiger partial charge in [-0.15, -0.1) is 0 Å². The highest BCUT2D eigenvalue weighted by atomic mass is 35.5. The van der Waals surface area contributed by atoms with E-state index in [2.05, 4.69) is 0 Å². The van der Waals surface area contributed by atoms with Crippen LogP contribution in [0.25, 0.3) is 0 Å². The Labute approximate surface area is 153 Å². The molecule has 1 saturated heterocycles. The quantitative estimate of drug-likeness (QED) is 0.741. The third-order valence-corrected chi connectivity index (χ3v) is 3.74. The SMILES string of the molecule is O=C(Cl)c1c(Cl)cc(Cl)cc1Cl.O=C(O)COC1CCCCO1. The van der Waals surface area contributed by atoms with Gasteiger partial charge in [0.05, 0.1) is 15.6 Å². The van der Waals surface area contributed by atoms with Gasteiger partial charge in [-0.25, -0.2) is 4.79 Å². The number of carboxylic acid groups (broad SMARTS) is 1. The minimum atomic E-state index is -0.945. The molecule has 0 amide bonds. The van der Waals surface area contributed by atoms with Gasteiger partial charge in [-0.2, -0.15) is 0 Å². The van der Waals surface area contributed by atoms with Gasteiger partial charge in [0.25, 0.3) is 5.24 Å². The summed E-state index contributed by atoms with van der Waals surface area (Å²) in [5, 5.41) is 8.26. The van der Waals surface area contributed by atoms with Crippen molar-refractivity contribution in [2.45, 2.75) is 25.6 Å². The summed E-state index contributed by atoms with van der Waals surface area (Å²) in [6, 6.07) is 2.81. The van der Waals surface area contributed by atoms with Crippen molar-refractivity contribution in [2.75, 3.05) is 13.2 Å². The van der Waals surface area contributed by atoms with Crippen LogP contribution in [-0.2, 0) is 14.3 Å². The zero-order valence-electron chi connectivity index (χ0n) is 11.9. The Bertz CT molecular complexity index is 535. The van der Waals surface area contributed by atoms with E-state index >= 15 is 0 Å². The Hall–Kier alpha value is -0.560. The summed E-state index contributed by atoms with van der Waals surface area (Å²) < 4.78 is 10.1. The third-order valence-electron chi connectivity index (χ3n) is 2.73. The fourth-order valence-electron chi connectivity index (χ4n) is 1.74. The largest absolute Gasteiger partial charge is 0.480 e. The maximum Gasteiger partial charge on any atom is 0.329 e. The molecule has 1 unspecified atom stereocenters. The van der Waals surface area contributed by atoms with Crippen LogP contribution >= 0.6 is 46.4 Å². The Morgan fingerprint density at radius 2 is 1.83 bits per heavy atom. The topological polar surface area (TPSA) is 72.8 Å². The molecule has 0 saturated carbocycles. The monoisotopic (exact) mass is 402 g/mol. The summed E-state index contributed by atoms with van der Waals surface area (Å²) in [5.74, 6) is -0.945. The molecule has 2 rings (SSSR count). The van der Waals surface area contributed by atoms with Crippen molar-refractivity contribution < 1.29 is 24.2 Å². The van der Waals surface area contributed by atoms with Gasteiger partial charge in [0.1, 0.15) is 6.61 Å². The number of benzene rings is 1. The highest BCUT2D eigenvalue weighted by Crippen LogP contribution is 2.29. The summed E-state index contributed by atoms with van der Waals surface area (Å²) in [4.78, 5) is 20.8. The Morgan fingerprint density at radius 3 is 2.26 bits per heavy atom. The van der Waals surface area contributed by atoms with Crippen molar-refractivity contribution >= 4 is 57.6 Å². The van der Waals surface area contributed by atoms with Crippen LogP contribution < -0.4 is 0 Å². The van der Waals surface area contributed by atoms with Gasteiger partial charge in [-0.05, 0) is 43.0 Å². The highest BCUT2D eigenvalue weighted by molar-refractivity contribution is 6.70. The van der Waals surface area contributed by atoms with Crippen LogP contribution in [0, 0.1) is 0 Å². The number of hydrogen-bond donors (Lipinski definition) is 1. The molecule has 0 bridgehead atoms. The first-order valence-corrected chi connectivity index (χ1v) is 8.11. The molecule has 9 heteroatoms. The lowest BCUT2D eigenvalue weighted by Gasteiger charge is -2.21. The summed E-state index contributed by atoms with van der Waals surface area (Å²) in [6.07, 6.45) is 2.63. The molecule has 1 heterocycles. The van der Waals surface area contributed by atoms with Gasteiger partial charge in [0.15, 0.2) is 6.29 Å². The number of rotatable bonds is 4. The van der Waals surface area contributed by atoms with E-state index < -0.39 is 11.2 Å². The molecule has 0 radical (unpaired) electrons. The van der Waals surface area contributed by atoms with Crippen LogP contribution in [0.5, 0.6) is 0 Å². The molecule has 1 fully saturated rings. The lowest BCUT2D eigenvalue weighted by atomic mass is 10.2. The maximum absolute atomic E-state index is 10.8. The van der Waals surface area contributed by atoms with Gasteiger partial charge in [-0.1, -0.05) is 34.8 Å². The summed E-state index contributed by atoms with van der Waals surface area (Å²) in [7, 11) is 0. The number of aliphatic carboxylic acids is 1. The molecular formula is C14H14Cl4O5. The van der Waals surface area contributed by atoms with Crippen molar-refractivity contribution in [3.8, 4) is 0 Å². The second kappa shape index (κ2) is 10.3. The van der Waals surface area contributed by atoms with Crippen molar-refractivity contribution in [3.05, 3.63) is 32.8 Å². The average molecular weight is 404 g/mol. The van der Waals surface area contributed by atoms with Crippen LogP contribution in [0.15, 0.2) is 12.1 Å². The van der Waals surface area contributed by atoms with E-state index in [4.69, 9.17) is 61.0 Å². The van der Waals surface area contributed by atoms with E-state index in [-0.39, 0.29) is 28.5 Å². The lowest BCUT2D eigenvalue weighted by molar-refractivity contribution is -0.178. The number of ether oxygens (including phenoxy) is 2. The van der Waals surface area contributed by atoms with Crippen molar-refractivity contribution in [1.82, 2.24) is 0 Å². The Morgan fingerprint density at radius 1 is 1.22 bits per heavy atom. The molecule has 1 aliphatic rings. The zero-order chi connectivity index (χ0) is 17.4. The second-order valence-electron chi connectivity index (χ2n) is 4.52. The van der Waals surface area contributed by atoms with Crippen molar-refractivity contribution in [1.29, 1.82) is 0 Å². The summed E-state index contributed by atoms with van der Waals surface area (Å²) in [6.45, 7) is 0.426. The summed E-state index contributed by atoms with van der Waals surface area (Å²) in [5.41, 5.74) is 0.0874. The first-order valence-electron chi connectivity index (χ1n) is 6.60. The molecule has 1 aromatic rings. The van der Waals surface area contributed by atoms with Gasteiger partial charge >= 0.3 is 5.97 Å². The number of carboxylic acids is 1. The minimum Gasteiger partial charge on any atom is -0.480 e. The van der Waals surface area contributed by atoms with Crippen LogP contribution in [-0.4, -0.2) is 35.8 Å². The van der Waals surface area contributed by atoms with Crippen LogP contribution in [0.1, 0.15) is 29.6 Å². The maximum atomic E-state index is 10.8. The third kappa shape index (κ3) is 7.70. The second-order valence-corrected chi connectivity index (χ2v) is 6.11. The molecule has 5 nitrogen and oxygen atoms in total. The first kappa shape index (κ1) is 20.5. The van der Waals surface area contributed by atoms with E-state index in [1.165, 1.54) is 12.1 Å². The van der Waals surface area contributed by atoms with Crippen LogP contribution in [0.4, 0.5) is 0 Å². The highest BCUT2D eigenvalue weighted by Gasteiger charge is 2.15. The van der Waals surface area contributed by atoms with Gasteiger partial charge < -0.3 is 14.6 Å². The van der Waals surface area contributed by atoms with E-state index in [9.17, 15) is 9.59 Å². The van der Waals surface area contributed by atoms with Crippen molar-refractivity contribution in [2.24, 2.45) is 0 Å². The van der Waals surface area contributed by atoms with E-state index in [0.717, 1.165) is 19.3 Å². The number of hydrogen-bond acceptors (Lipinski definition) is 4. The number of halogens is 4. The number of carbonyl (C=O) groups excluding carboxylic acids is 1. The molecule has 1 N–H and O–H groups in total. The number of carbonyl (C=O) groups is 2. The first-order chi connectivity index (χ1) is 10.8. The van der Waals surface area contributed by atoms with Crippen LogP contribution in [0.3, 0.4) is 0 Å². The molecule has 0 aliphatic carbocycles. The standard InChI is InChI=1S/C7H2Cl4O.C7H12O4/c8-3-1-4(9)6(7(11)12)5(10)2-3;8-6(9)5-11-7-3-1-2-4-10-7/h1-2H;7H,1-5H2,(H,8,9). The summed E-state index contributed by atoms with van der Waals surface area (Å²) >= 11 is 22.1. The molecule has 1 aromatic carbocycles. The normalized spacial score (nSPS) is 17.1. The molecular weight excluding hydrogens is 390 g/mol. The minimum absolute atomic E-state index is 0.0874.